The van der Waals surface area contributed by atoms with Crippen LogP contribution in [0.2, 0.25) is 0 Å². The zero-order valence-electron chi connectivity index (χ0n) is 15.2. The highest BCUT2D eigenvalue weighted by Crippen LogP contribution is 2.68. The van der Waals surface area contributed by atoms with Crippen molar-refractivity contribution in [2.45, 2.75) is 50.0 Å². The number of likely N-dealkylation sites (N-methyl/N-ethyl adjacent to an activating group) is 1. The molecule has 3 aliphatic rings. The number of rotatable bonds is 2. The van der Waals surface area contributed by atoms with Gasteiger partial charge in [0.2, 0.25) is 0 Å². The molecule has 0 bridgehead atoms. The van der Waals surface area contributed by atoms with Gasteiger partial charge in [-0.1, -0.05) is 23.8 Å². The van der Waals surface area contributed by atoms with E-state index in [2.05, 4.69) is 36.9 Å². The minimum atomic E-state index is -1.60. The molecule has 4 rings (SSSR count). The van der Waals surface area contributed by atoms with Crippen molar-refractivity contribution in [3.8, 4) is 0 Å². The first kappa shape index (κ1) is 16.5. The lowest BCUT2D eigenvalue weighted by Gasteiger charge is -2.45. The fourth-order valence-corrected chi connectivity index (χ4v) is 4.84. The van der Waals surface area contributed by atoms with Crippen molar-refractivity contribution < 1.29 is 23.8 Å². The molecule has 1 aromatic rings. The molecule has 1 spiro atoms. The van der Waals surface area contributed by atoms with E-state index in [1.54, 1.807) is 0 Å². The molecule has 6 heteroatoms. The SMILES string of the molecule is COC(=O)[C@]12O[C@]13C[C@@H](c1ccc(C)cc1C)N(C)C[C@@]3(C)OC2=O. The molecular formula is C19H23NO5. The Kier molecular flexibility index (Phi) is 3.19. The van der Waals surface area contributed by atoms with Crippen molar-refractivity contribution in [1.29, 1.82) is 0 Å². The Morgan fingerprint density at radius 1 is 1.36 bits per heavy atom. The largest absolute Gasteiger partial charge is 0.466 e. The van der Waals surface area contributed by atoms with Gasteiger partial charge in [0.15, 0.2) is 11.2 Å². The highest BCUT2D eigenvalue weighted by molar-refractivity contribution is 6.11. The van der Waals surface area contributed by atoms with Gasteiger partial charge in [-0.2, -0.15) is 0 Å². The topological polar surface area (TPSA) is 68.4 Å². The lowest BCUT2D eigenvalue weighted by atomic mass is 9.72. The van der Waals surface area contributed by atoms with Crippen molar-refractivity contribution in [3.05, 3.63) is 34.9 Å². The average Bonchev–Trinajstić information content (AvgIpc) is 3.18. The highest BCUT2D eigenvalue weighted by Gasteiger charge is 2.93. The molecular weight excluding hydrogens is 322 g/mol. The maximum atomic E-state index is 12.5. The lowest BCUT2D eigenvalue weighted by Crippen LogP contribution is -2.58. The Hall–Kier alpha value is -1.92. The van der Waals surface area contributed by atoms with Crippen molar-refractivity contribution in [3.63, 3.8) is 0 Å². The van der Waals surface area contributed by atoms with E-state index in [0.29, 0.717) is 13.0 Å². The predicted molar refractivity (Wildman–Crippen MR) is 89.0 cm³/mol. The number of hydrogen-bond acceptors (Lipinski definition) is 6. The first-order chi connectivity index (χ1) is 11.7. The summed E-state index contributed by atoms with van der Waals surface area (Å²) in [4.78, 5) is 27.0. The van der Waals surface area contributed by atoms with Crippen LogP contribution in [0.3, 0.4) is 0 Å². The van der Waals surface area contributed by atoms with E-state index < -0.39 is 28.7 Å². The summed E-state index contributed by atoms with van der Waals surface area (Å²) >= 11 is 0. The third kappa shape index (κ3) is 1.81. The second-order valence-corrected chi connectivity index (χ2v) is 7.72. The monoisotopic (exact) mass is 345 g/mol. The second kappa shape index (κ2) is 4.83. The van der Waals surface area contributed by atoms with Gasteiger partial charge in [-0.05, 0) is 38.9 Å². The van der Waals surface area contributed by atoms with Crippen molar-refractivity contribution >= 4 is 11.9 Å². The summed E-state index contributed by atoms with van der Waals surface area (Å²) in [6.07, 6.45) is 0.505. The van der Waals surface area contributed by atoms with Gasteiger partial charge in [-0.15, -0.1) is 0 Å². The molecule has 0 unspecified atom stereocenters. The quantitative estimate of drug-likeness (QED) is 0.461. The normalized spacial score (nSPS) is 39.4. The Bertz CT molecular complexity index is 792. The Morgan fingerprint density at radius 2 is 2.08 bits per heavy atom. The Balaban J connectivity index is 1.77. The van der Waals surface area contributed by atoms with Gasteiger partial charge < -0.3 is 14.2 Å². The first-order valence-electron chi connectivity index (χ1n) is 8.50. The number of piperidine rings is 1. The van der Waals surface area contributed by atoms with Crippen LogP contribution in [0.5, 0.6) is 0 Å². The van der Waals surface area contributed by atoms with Crippen LogP contribution in [0.1, 0.15) is 36.1 Å². The predicted octanol–water partition coefficient (Wildman–Crippen LogP) is 1.68. The zero-order chi connectivity index (χ0) is 18.2. The summed E-state index contributed by atoms with van der Waals surface area (Å²) in [7, 11) is 3.28. The summed E-state index contributed by atoms with van der Waals surface area (Å²) < 4.78 is 16.4. The molecule has 6 nitrogen and oxygen atoms in total. The molecule has 3 saturated heterocycles. The Morgan fingerprint density at radius 3 is 2.72 bits per heavy atom. The van der Waals surface area contributed by atoms with Gasteiger partial charge in [-0.3, -0.25) is 4.90 Å². The van der Waals surface area contributed by atoms with E-state index in [4.69, 9.17) is 14.2 Å². The number of nitrogens with zero attached hydrogens (tertiary/aromatic N) is 1. The molecule has 0 amide bonds. The molecule has 4 atom stereocenters. The average molecular weight is 345 g/mol. The van der Waals surface area contributed by atoms with Crippen molar-refractivity contribution in [1.82, 2.24) is 4.90 Å². The fraction of sp³-hybridized carbons (Fsp3) is 0.579. The summed E-state index contributed by atoms with van der Waals surface area (Å²) in [5.74, 6) is -1.29. The summed E-state index contributed by atoms with van der Waals surface area (Å²) in [5.41, 5.74) is 0.147. The van der Waals surface area contributed by atoms with Crippen LogP contribution in [0, 0.1) is 13.8 Å². The smallest absolute Gasteiger partial charge is 0.354 e. The molecule has 3 fully saturated rings. The maximum absolute atomic E-state index is 12.5. The van der Waals surface area contributed by atoms with Gasteiger partial charge in [0, 0.05) is 19.0 Å². The summed E-state index contributed by atoms with van der Waals surface area (Å²) in [5, 5.41) is 0. The third-order valence-electron chi connectivity index (χ3n) is 6.14. The number of methoxy groups -OCH3 is 1. The fourth-order valence-electron chi connectivity index (χ4n) is 4.84. The minimum absolute atomic E-state index is 0.0368. The van der Waals surface area contributed by atoms with Crippen LogP contribution >= 0.6 is 0 Å². The van der Waals surface area contributed by atoms with Crippen LogP contribution in [-0.2, 0) is 23.8 Å². The van der Waals surface area contributed by atoms with Crippen LogP contribution in [0.25, 0.3) is 0 Å². The third-order valence-corrected chi connectivity index (χ3v) is 6.14. The van der Waals surface area contributed by atoms with Gasteiger partial charge in [0.05, 0.1) is 7.11 Å². The van der Waals surface area contributed by atoms with Gasteiger partial charge in [0.1, 0.15) is 0 Å². The lowest BCUT2D eigenvalue weighted by molar-refractivity contribution is -0.178. The summed E-state index contributed by atoms with van der Waals surface area (Å²) in [6, 6.07) is 6.38. The van der Waals surface area contributed by atoms with Crippen molar-refractivity contribution in [2.75, 3.05) is 20.7 Å². The molecule has 0 N–H and O–H groups in total. The van der Waals surface area contributed by atoms with E-state index in [1.807, 2.05) is 14.0 Å². The number of benzene rings is 1. The number of esters is 2. The molecule has 1 aromatic carbocycles. The van der Waals surface area contributed by atoms with Crippen LogP contribution in [-0.4, -0.2) is 54.3 Å². The molecule has 0 aromatic heterocycles. The molecule has 0 radical (unpaired) electrons. The Labute approximate surface area is 147 Å². The van der Waals surface area contributed by atoms with E-state index in [1.165, 1.54) is 23.8 Å². The van der Waals surface area contributed by atoms with E-state index in [-0.39, 0.29) is 6.04 Å². The van der Waals surface area contributed by atoms with Crippen LogP contribution in [0.15, 0.2) is 18.2 Å². The zero-order valence-corrected chi connectivity index (χ0v) is 15.2. The second-order valence-electron chi connectivity index (χ2n) is 7.72. The van der Waals surface area contributed by atoms with Crippen molar-refractivity contribution in [2.24, 2.45) is 0 Å². The highest BCUT2D eigenvalue weighted by atomic mass is 16.7. The molecule has 3 aliphatic heterocycles. The van der Waals surface area contributed by atoms with Crippen LogP contribution < -0.4 is 0 Å². The maximum Gasteiger partial charge on any atom is 0.354 e. The molecule has 0 saturated carbocycles. The number of carbonyl (C=O) groups is 2. The molecule has 0 aliphatic carbocycles. The molecule has 25 heavy (non-hydrogen) atoms. The molecule has 3 heterocycles. The van der Waals surface area contributed by atoms with Gasteiger partial charge >= 0.3 is 11.9 Å². The number of hydrogen-bond donors (Lipinski definition) is 0. The van der Waals surface area contributed by atoms with Gasteiger partial charge in [-0.25, -0.2) is 9.59 Å². The standard InChI is InChI=1S/C19H23NO5/c1-11-6-7-13(12(2)8-11)14-9-18-17(3,10-20(14)4)24-16(22)19(18,25-18)15(21)23-5/h6-8,14H,9-10H2,1-5H3/t14-,17+,18-,19+/m0/s1. The number of aryl methyl sites for hydroxylation is 2. The first-order valence-corrected chi connectivity index (χ1v) is 8.50. The van der Waals surface area contributed by atoms with E-state index in [9.17, 15) is 9.59 Å². The number of ether oxygens (including phenoxy) is 3. The van der Waals surface area contributed by atoms with E-state index in [0.717, 1.165) is 0 Å². The minimum Gasteiger partial charge on any atom is -0.466 e. The van der Waals surface area contributed by atoms with E-state index >= 15 is 0 Å². The molecule has 134 valence electrons. The van der Waals surface area contributed by atoms with Gasteiger partial charge in [0.25, 0.3) is 5.60 Å². The summed E-state index contributed by atoms with van der Waals surface area (Å²) in [6.45, 7) is 6.49. The number of epoxide rings is 1. The number of likely N-dealkylation sites (tertiary alicyclic amines) is 1. The number of carbonyl (C=O) groups excluding carboxylic acids is 2. The van der Waals surface area contributed by atoms with Crippen LogP contribution in [0.4, 0.5) is 0 Å².